The number of amides is 1. The van der Waals surface area contributed by atoms with E-state index in [4.69, 9.17) is 5.11 Å². The number of carbonyl (C=O) groups is 2. The zero-order chi connectivity index (χ0) is 15.7. The number of likely N-dealkylation sites (N-methyl/N-ethyl adjacent to an activating group) is 1. The van der Waals surface area contributed by atoms with Crippen LogP contribution in [0.25, 0.3) is 5.65 Å². The molecule has 2 heterocycles. The van der Waals surface area contributed by atoms with Gasteiger partial charge in [0.05, 0.1) is 6.42 Å². The van der Waals surface area contributed by atoms with Crippen molar-refractivity contribution in [2.24, 2.45) is 0 Å². The highest BCUT2D eigenvalue weighted by Gasteiger charge is 2.23. The van der Waals surface area contributed by atoms with E-state index in [1.54, 1.807) is 19.2 Å². The molecule has 0 saturated carbocycles. The first-order valence-corrected chi connectivity index (χ1v) is 6.37. The zero-order valence-electron chi connectivity index (χ0n) is 12.0. The molecule has 21 heavy (non-hydrogen) atoms. The summed E-state index contributed by atoms with van der Waals surface area (Å²) in [5, 5.41) is 11.6. The topological polar surface area (TPSA) is 108 Å². The maximum atomic E-state index is 12.3. The van der Waals surface area contributed by atoms with Crippen molar-refractivity contribution in [2.75, 3.05) is 7.05 Å². The number of fused-ring (bicyclic) bond motifs is 1. The number of aromatic nitrogens is 3. The van der Waals surface area contributed by atoms with Crippen molar-refractivity contribution in [3.05, 3.63) is 33.9 Å². The largest absolute Gasteiger partial charge is 0.480 e. The molecule has 0 aliphatic rings. The lowest BCUT2D eigenvalue weighted by Crippen LogP contribution is -2.42. The van der Waals surface area contributed by atoms with Gasteiger partial charge in [-0.2, -0.15) is 0 Å². The van der Waals surface area contributed by atoms with Gasteiger partial charge in [0.1, 0.15) is 6.04 Å². The Morgan fingerprint density at radius 2 is 2.19 bits per heavy atom. The standard InChI is InChI=1S/C13H16N4O4/c1-7-9(6-11(18)16(3)8(2)13(20)21)12(19)17-10(15-7)4-5-14-17/h4-5,8,14H,6H2,1-3H3,(H,20,21). The maximum Gasteiger partial charge on any atom is 0.326 e. The van der Waals surface area contributed by atoms with Crippen LogP contribution in [0.2, 0.25) is 0 Å². The predicted molar refractivity (Wildman–Crippen MR) is 74.1 cm³/mol. The average Bonchev–Trinajstić information content (AvgIpc) is 2.89. The third-order valence-electron chi connectivity index (χ3n) is 3.51. The first kappa shape index (κ1) is 14.8. The van der Waals surface area contributed by atoms with Crippen LogP contribution in [-0.2, 0) is 16.0 Å². The third-order valence-corrected chi connectivity index (χ3v) is 3.51. The van der Waals surface area contributed by atoms with Gasteiger partial charge >= 0.3 is 5.97 Å². The van der Waals surface area contributed by atoms with Gasteiger partial charge in [0, 0.05) is 30.6 Å². The van der Waals surface area contributed by atoms with Crippen LogP contribution in [0, 0.1) is 6.92 Å². The minimum Gasteiger partial charge on any atom is -0.480 e. The summed E-state index contributed by atoms with van der Waals surface area (Å²) in [7, 11) is 1.40. The Labute approximate surface area is 120 Å². The van der Waals surface area contributed by atoms with Gasteiger partial charge < -0.3 is 10.0 Å². The predicted octanol–water partition coefficient (Wildman–Crippen LogP) is -0.195. The smallest absolute Gasteiger partial charge is 0.326 e. The van der Waals surface area contributed by atoms with E-state index in [9.17, 15) is 14.4 Å². The van der Waals surface area contributed by atoms with E-state index < -0.39 is 17.9 Å². The summed E-state index contributed by atoms with van der Waals surface area (Å²) in [6.07, 6.45) is 1.39. The third kappa shape index (κ3) is 2.64. The van der Waals surface area contributed by atoms with E-state index in [2.05, 4.69) is 10.1 Å². The van der Waals surface area contributed by atoms with Gasteiger partial charge in [0.2, 0.25) is 5.91 Å². The molecule has 0 bridgehead atoms. The molecule has 1 amide bonds. The number of aliphatic carboxylic acids is 1. The summed E-state index contributed by atoms with van der Waals surface area (Å²) in [6.45, 7) is 3.06. The van der Waals surface area contributed by atoms with Gasteiger partial charge in [-0.15, -0.1) is 0 Å². The number of rotatable bonds is 4. The molecule has 2 N–H and O–H groups in total. The van der Waals surface area contributed by atoms with E-state index in [1.807, 2.05) is 0 Å². The van der Waals surface area contributed by atoms with E-state index >= 15 is 0 Å². The Bertz CT molecular complexity index is 761. The maximum absolute atomic E-state index is 12.3. The van der Waals surface area contributed by atoms with Crippen molar-refractivity contribution in [3.8, 4) is 0 Å². The van der Waals surface area contributed by atoms with Crippen LogP contribution in [0.4, 0.5) is 0 Å². The van der Waals surface area contributed by atoms with Crippen LogP contribution >= 0.6 is 0 Å². The summed E-state index contributed by atoms with van der Waals surface area (Å²) in [5.41, 5.74) is 0.835. The highest BCUT2D eigenvalue weighted by atomic mass is 16.4. The van der Waals surface area contributed by atoms with Gasteiger partial charge in [-0.25, -0.2) is 14.3 Å². The van der Waals surface area contributed by atoms with Crippen LogP contribution in [0.3, 0.4) is 0 Å². The SMILES string of the molecule is Cc1nc2cc[nH]n2c(=O)c1CC(=O)N(C)C(C)C(=O)O. The molecule has 0 aliphatic carbocycles. The van der Waals surface area contributed by atoms with E-state index in [0.29, 0.717) is 11.3 Å². The van der Waals surface area contributed by atoms with Gasteiger partial charge in [0.15, 0.2) is 5.65 Å². The minimum absolute atomic E-state index is 0.187. The highest BCUT2D eigenvalue weighted by molar-refractivity contribution is 5.84. The Kier molecular flexibility index (Phi) is 3.79. The molecule has 0 fully saturated rings. The molecule has 0 radical (unpaired) electrons. The lowest BCUT2D eigenvalue weighted by molar-refractivity contribution is -0.148. The first-order chi connectivity index (χ1) is 9.82. The second-order valence-corrected chi connectivity index (χ2v) is 4.83. The summed E-state index contributed by atoms with van der Waals surface area (Å²) in [6, 6.07) is 0.696. The van der Waals surface area contributed by atoms with E-state index in [1.165, 1.54) is 18.5 Å². The monoisotopic (exact) mass is 292 g/mol. The first-order valence-electron chi connectivity index (χ1n) is 6.37. The van der Waals surface area contributed by atoms with Crippen molar-refractivity contribution in [3.63, 3.8) is 0 Å². The van der Waals surface area contributed by atoms with Crippen molar-refractivity contribution in [1.29, 1.82) is 0 Å². The molecule has 0 aromatic carbocycles. The lowest BCUT2D eigenvalue weighted by Gasteiger charge is -2.21. The number of hydrogen-bond acceptors (Lipinski definition) is 4. The number of nitrogens with zero attached hydrogens (tertiary/aromatic N) is 3. The van der Waals surface area contributed by atoms with Crippen LogP contribution in [-0.4, -0.2) is 49.6 Å². The van der Waals surface area contributed by atoms with Gasteiger partial charge in [-0.3, -0.25) is 14.7 Å². The molecule has 8 heteroatoms. The number of carboxylic acids is 1. The zero-order valence-corrected chi connectivity index (χ0v) is 12.0. The van der Waals surface area contributed by atoms with Gasteiger partial charge in [-0.05, 0) is 13.8 Å². The average molecular weight is 292 g/mol. The van der Waals surface area contributed by atoms with Crippen LogP contribution < -0.4 is 5.56 Å². The summed E-state index contributed by atoms with van der Waals surface area (Å²) < 4.78 is 1.25. The van der Waals surface area contributed by atoms with Crippen LogP contribution in [0.15, 0.2) is 17.1 Å². The normalized spacial score (nSPS) is 12.3. The lowest BCUT2D eigenvalue weighted by atomic mass is 10.1. The number of carboxylic acid groups (broad SMARTS) is 1. The molecular formula is C13H16N4O4. The number of nitrogens with one attached hydrogen (secondary N) is 1. The Balaban J connectivity index is 2.33. The Morgan fingerprint density at radius 1 is 1.52 bits per heavy atom. The Hall–Kier alpha value is -2.64. The van der Waals surface area contributed by atoms with Gasteiger partial charge in [0.25, 0.3) is 5.56 Å². The molecule has 2 rings (SSSR count). The van der Waals surface area contributed by atoms with Crippen LogP contribution in [0.5, 0.6) is 0 Å². The van der Waals surface area contributed by atoms with Crippen molar-refractivity contribution < 1.29 is 14.7 Å². The Morgan fingerprint density at radius 3 is 2.81 bits per heavy atom. The second-order valence-electron chi connectivity index (χ2n) is 4.83. The van der Waals surface area contributed by atoms with Crippen molar-refractivity contribution in [1.82, 2.24) is 19.5 Å². The number of carbonyl (C=O) groups excluding carboxylic acids is 1. The van der Waals surface area contributed by atoms with Crippen molar-refractivity contribution in [2.45, 2.75) is 26.3 Å². The number of H-pyrrole nitrogens is 1. The second kappa shape index (κ2) is 5.39. The molecule has 0 spiro atoms. The fourth-order valence-corrected chi connectivity index (χ4v) is 1.97. The minimum atomic E-state index is -1.10. The summed E-state index contributed by atoms with van der Waals surface area (Å²) >= 11 is 0. The molecular weight excluding hydrogens is 276 g/mol. The molecule has 1 unspecified atom stereocenters. The fourth-order valence-electron chi connectivity index (χ4n) is 1.97. The molecule has 8 nitrogen and oxygen atoms in total. The molecule has 112 valence electrons. The molecule has 0 aliphatic heterocycles. The summed E-state index contributed by atoms with van der Waals surface area (Å²) in [4.78, 5) is 40.6. The van der Waals surface area contributed by atoms with E-state index in [-0.39, 0.29) is 17.5 Å². The van der Waals surface area contributed by atoms with Crippen molar-refractivity contribution >= 4 is 17.5 Å². The molecule has 2 aromatic rings. The van der Waals surface area contributed by atoms with Crippen LogP contribution in [0.1, 0.15) is 18.2 Å². The quantitative estimate of drug-likeness (QED) is 0.811. The fraction of sp³-hybridized carbons (Fsp3) is 0.385. The highest BCUT2D eigenvalue weighted by Crippen LogP contribution is 2.06. The number of aromatic amines is 1. The number of aryl methyl sites for hydroxylation is 1. The number of hydrogen-bond donors (Lipinski definition) is 2. The summed E-state index contributed by atoms with van der Waals surface area (Å²) in [5.74, 6) is -1.55. The molecule has 0 saturated heterocycles. The van der Waals surface area contributed by atoms with E-state index in [0.717, 1.165) is 4.90 Å². The van der Waals surface area contributed by atoms with Gasteiger partial charge in [-0.1, -0.05) is 0 Å². The molecule has 2 aromatic heterocycles. The molecule has 1 atom stereocenters.